The largest absolute Gasteiger partial charge is 3.00 e. The summed E-state index contributed by atoms with van der Waals surface area (Å²) in [7, 11) is 0. The van der Waals surface area contributed by atoms with Crippen LogP contribution >= 0.6 is 0 Å². The molecule has 0 amide bonds. The fourth-order valence-electron chi connectivity index (χ4n) is 0. The van der Waals surface area contributed by atoms with Crippen LogP contribution in [0.2, 0.25) is 0 Å². The molecule has 0 spiro atoms. The fraction of sp³-hybridized carbons (Fsp3) is 0. The standard InChI is InChI=1S/Ce.Cr.3O/q2*+3;3*-2. The van der Waals surface area contributed by atoms with Gasteiger partial charge in [-0.15, -0.1) is 0 Å². The minimum Gasteiger partial charge on any atom is -2.00 e. The Hall–Kier alpha value is 1.79. The molecule has 3 nitrogen and oxygen atoms in total. The van der Waals surface area contributed by atoms with E-state index < -0.39 is 0 Å². The average Bonchev–Trinajstić information content (AvgIpc) is 0. The van der Waals surface area contributed by atoms with E-state index in [9.17, 15) is 0 Å². The zero-order valence-electron chi connectivity index (χ0n) is 2.13. The molecule has 0 saturated carbocycles. The van der Waals surface area contributed by atoms with Crippen LogP contribution < -0.4 is 0 Å². The Labute approximate surface area is 74.6 Å². The van der Waals surface area contributed by atoms with Crippen LogP contribution in [0.25, 0.3) is 0 Å². The van der Waals surface area contributed by atoms with Crippen LogP contribution in [0.4, 0.5) is 0 Å². The molecule has 2 radical (unpaired) electrons. The van der Waals surface area contributed by atoms with Gasteiger partial charge in [-0.3, -0.25) is 0 Å². The molecule has 0 aromatic carbocycles. The van der Waals surface area contributed by atoms with Gasteiger partial charge in [-0.2, -0.15) is 0 Å². The van der Waals surface area contributed by atoms with Crippen molar-refractivity contribution in [3.8, 4) is 0 Å². The maximum absolute atomic E-state index is 0. The molecule has 0 aliphatic heterocycles. The smallest absolute Gasteiger partial charge is 2.00 e. The molecule has 0 unspecified atom stereocenters. The second-order valence-corrected chi connectivity index (χ2v) is 0. The predicted octanol–water partition coefficient (Wildman–Crippen LogP) is -0.359. The third-order valence-corrected chi connectivity index (χ3v) is 0. The van der Waals surface area contributed by atoms with Gasteiger partial charge < -0.3 is 16.4 Å². The molecule has 0 aromatic heterocycles. The van der Waals surface area contributed by atoms with E-state index in [0.29, 0.717) is 0 Å². The summed E-state index contributed by atoms with van der Waals surface area (Å²) in [5, 5.41) is 0. The normalized spacial score (nSPS) is 0. The maximum atomic E-state index is 0. The van der Waals surface area contributed by atoms with E-state index in [0.717, 1.165) is 0 Å². The van der Waals surface area contributed by atoms with E-state index in [4.69, 9.17) is 0 Å². The Kier molecular flexibility index (Phi) is 590. The second kappa shape index (κ2) is 41.5. The zero-order valence-corrected chi connectivity index (χ0v) is 6.55. The molecule has 0 N–H and O–H groups in total. The topological polar surface area (TPSA) is 85.5 Å². The van der Waals surface area contributed by atoms with Crippen molar-refractivity contribution in [2.24, 2.45) is 0 Å². The average molecular weight is 240 g/mol. The van der Waals surface area contributed by atoms with Gasteiger partial charge in [0.1, 0.15) is 0 Å². The van der Waals surface area contributed by atoms with Crippen molar-refractivity contribution in [2.75, 3.05) is 0 Å². The molecule has 0 atom stereocenters. The Bertz CT molecular complexity index is 6.85. The summed E-state index contributed by atoms with van der Waals surface area (Å²) in [5.74, 6) is 0. The van der Waals surface area contributed by atoms with Crippen molar-refractivity contribution < 1.29 is 75.5 Å². The summed E-state index contributed by atoms with van der Waals surface area (Å²) < 4.78 is 0. The Morgan fingerprint density at radius 3 is 0.600 bits per heavy atom. The molecule has 0 aliphatic carbocycles. The van der Waals surface area contributed by atoms with Gasteiger partial charge in [-0.25, -0.2) is 0 Å². The van der Waals surface area contributed by atoms with Crippen LogP contribution in [-0.2, 0) is 33.8 Å². The van der Waals surface area contributed by atoms with Gasteiger partial charge in [0.2, 0.25) is 0 Å². The van der Waals surface area contributed by atoms with E-state index in [2.05, 4.69) is 0 Å². The molecular weight excluding hydrogens is 240 g/mol. The summed E-state index contributed by atoms with van der Waals surface area (Å²) in [6, 6.07) is 0. The molecule has 0 fully saturated rings. The van der Waals surface area contributed by atoms with Crippen LogP contribution in [-0.4, -0.2) is 0 Å². The van der Waals surface area contributed by atoms with Gasteiger partial charge in [0.05, 0.1) is 0 Å². The molecule has 5 heavy (non-hydrogen) atoms. The molecule has 28 valence electrons. The Morgan fingerprint density at radius 2 is 0.600 bits per heavy atom. The molecule has 0 rings (SSSR count). The van der Waals surface area contributed by atoms with Crippen LogP contribution in [0.5, 0.6) is 0 Å². The van der Waals surface area contributed by atoms with Crippen LogP contribution in [0, 0.1) is 41.7 Å². The SMILES string of the molecule is [Ce+3].[Cr+3].[O-2].[O-2].[O-2]. The molecule has 0 bridgehead atoms. The fourth-order valence-corrected chi connectivity index (χ4v) is 0. The Balaban J connectivity index is 0. The van der Waals surface area contributed by atoms with E-state index in [1.807, 2.05) is 0 Å². The summed E-state index contributed by atoms with van der Waals surface area (Å²) in [4.78, 5) is 0. The van der Waals surface area contributed by atoms with E-state index in [1.165, 1.54) is 0 Å². The van der Waals surface area contributed by atoms with Crippen molar-refractivity contribution in [1.29, 1.82) is 0 Å². The molecule has 0 heterocycles. The van der Waals surface area contributed by atoms with E-state index in [-0.39, 0.29) is 75.5 Å². The second-order valence-electron chi connectivity index (χ2n) is 0. The van der Waals surface area contributed by atoms with Gasteiger partial charge >= 0.3 is 59.1 Å². The van der Waals surface area contributed by atoms with Crippen LogP contribution in [0.15, 0.2) is 0 Å². The van der Waals surface area contributed by atoms with Crippen molar-refractivity contribution in [3.63, 3.8) is 0 Å². The molecule has 0 saturated heterocycles. The predicted molar refractivity (Wildman–Crippen MR) is 2.06 cm³/mol. The van der Waals surface area contributed by atoms with Gasteiger partial charge in [0.15, 0.2) is 0 Å². The summed E-state index contributed by atoms with van der Waals surface area (Å²) in [5.41, 5.74) is 0. The van der Waals surface area contributed by atoms with E-state index in [1.54, 1.807) is 0 Å². The molecule has 5 heteroatoms. The van der Waals surface area contributed by atoms with Crippen molar-refractivity contribution in [2.45, 2.75) is 0 Å². The first-order valence-electron chi connectivity index (χ1n) is 0. The number of rotatable bonds is 0. The molecule has 0 aliphatic rings. The van der Waals surface area contributed by atoms with Gasteiger partial charge in [0.25, 0.3) is 0 Å². The third-order valence-electron chi connectivity index (χ3n) is 0. The zero-order chi connectivity index (χ0) is 0. The molecule has 0 aromatic rings. The maximum Gasteiger partial charge on any atom is 3.00 e. The van der Waals surface area contributed by atoms with E-state index >= 15 is 0 Å². The minimum atomic E-state index is 0. The number of hydrogen-bond donors (Lipinski definition) is 0. The first kappa shape index (κ1) is 71.1. The van der Waals surface area contributed by atoms with Crippen molar-refractivity contribution >= 4 is 0 Å². The van der Waals surface area contributed by atoms with Crippen molar-refractivity contribution in [3.05, 3.63) is 0 Å². The monoisotopic (exact) mass is 240 g/mol. The third kappa shape index (κ3) is 26.0. The first-order chi connectivity index (χ1) is 0. The summed E-state index contributed by atoms with van der Waals surface area (Å²) in [6.07, 6.45) is 0. The van der Waals surface area contributed by atoms with Gasteiger partial charge in [0, 0.05) is 0 Å². The van der Waals surface area contributed by atoms with Crippen LogP contribution in [0.3, 0.4) is 0 Å². The van der Waals surface area contributed by atoms with Crippen LogP contribution in [0.1, 0.15) is 0 Å². The summed E-state index contributed by atoms with van der Waals surface area (Å²) >= 11 is 0. The van der Waals surface area contributed by atoms with Gasteiger partial charge in [-0.1, -0.05) is 0 Å². The Morgan fingerprint density at radius 1 is 0.600 bits per heavy atom. The summed E-state index contributed by atoms with van der Waals surface area (Å²) in [6.45, 7) is 0. The minimum absolute atomic E-state index is 0. The number of hydrogen-bond acceptors (Lipinski definition) is 0. The van der Waals surface area contributed by atoms with Crippen molar-refractivity contribution in [1.82, 2.24) is 0 Å². The van der Waals surface area contributed by atoms with Gasteiger partial charge in [-0.05, 0) is 0 Å². The molecular formula is CeCrO3. The quantitative estimate of drug-likeness (QED) is 0.553. The first-order valence-corrected chi connectivity index (χ1v) is 0.